The van der Waals surface area contributed by atoms with E-state index in [1.807, 2.05) is 17.0 Å². The highest BCUT2D eigenvalue weighted by Crippen LogP contribution is 2.15. The Hall–Kier alpha value is -3.72. The Morgan fingerprint density at radius 1 is 1.09 bits per heavy atom. The molecule has 0 spiro atoms. The molecule has 9 heteroatoms. The molecule has 0 radical (unpaired) electrons. The van der Waals surface area contributed by atoms with Crippen molar-refractivity contribution in [3.05, 3.63) is 70.3 Å². The van der Waals surface area contributed by atoms with Gasteiger partial charge in [0.1, 0.15) is 5.75 Å². The fourth-order valence-corrected chi connectivity index (χ4v) is 3.72. The van der Waals surface area contributed by atoms with Gasteiger partial charge in [0, 0.05) is 44.8 Å². The van der Waals surface area contributed by atoms with Gasteiger partial charge < -0.3 is 19.9 Å². The van der Waals surface area contributed by atoms with Crippen LogP contribution < -0.4 is 15.6 Å². The molecule has 1 saturated heterocycles. The molecule has 4 rings (SSSR count). The molecule has 0 saturated carbocycles. The summed E-state index contributed by atoms with van der Waals surface area (Å²) in [4.78, 5) is 48.0. The minimum absolute atomic E-state index is 0.00223. The third-order valence-electron chi connectivity index (χ3n) is 5.52. The van der Waals surface area contributed by atoms with Crippen LogP contribution in [0, 0.1) is 0 Å². The van der Waals surface area contributed by atoms with E-state index in [4.69, 9.17) is 4.74 Å². The number of nitrogens with zero attached hydrogens (tertiary/aromatic N) is 3. The van der Waals surface area contributed by atoms with Gasteiger partial charge in [-0.15, -0.1) is 0 Å². The van der Waals surface area contributed by atoms with E-state index in [9.17, 15) is 14.4 Å². The van der Waals surface area contributed by atoms with E-state index in [1.54, 1.807) is 43.5 Å². The molecule has 2 N–H and O–H groups in total. The fourth-order valence-electron chi connectivity index (χ4n) is 3.72. The number of fused-ring (bicyclic) bond motifs is 1. The van der Waals surface area contributed by atoms with Crippen molar-refractivity contribution in [1.29, 1.82) is 0 Å². The number of rotatable bonds is 6. The van der Waals surface area contributed by atoms with Crippen LogP contribution in [-0.2, 0) is 0 Å². The number of methoxy groups -OCH3 is 1. The zero-order valence-electron chi connectivity index (χ0n) is 17.8. The Morgan fingerprint density at radius 2 is 1.88 bits per heavy atom. The minimum Gasteiger partial charge on any atom is -0.497 e. The summed E-state index contributed by atoms with van der Waals surface area (Å²) in [6, 6.07) is 14.1. The van der Waals surface area contributed by atoms with Gasteiger partial charge in [0.2, 0.25) is 0 Å². The number of nitrogens with one attached hydrogen (secondary N) is 2. The number of hydrogen-bond donors (Lipinski definition) is 2. The standard InChI is InChI=1S/C23H25N5O4/c1-32-17-6-4-5-16(15-17)23(31)28-13-11-27(12-14-28)10-9-24-22(30)20-25-19-8-3-2-7-18(19)21(29)26-20/h2-8,15H,9-14H2,1H3,(H,24,30)(H,25,26,29). The second kappa shape index (κ2) is 9.61. The van der Waals surface area contributed by atoms with Crippen LogP contribution in [0.3, 0.4) is 0 Å². The van der Waals surface area contributed by atoms with E-state index in [2.05, 4.69) is 20.2 Å². The van der Waals surface area contributed by atoms with Gasteiger partial charge in [-0.2, -0.15) is 0 Å². The van der Waals surface area contributed by atoms with E-state index in [0.717, 1.165) is 13.1 Å². The Morgan fingerprint density at radius 3 is 2.66 bits per heavy atom. The maximum Gasteiger partial charge on any atom is 0.287 e. The van der Waals surface area contributed by atoms with Crippen molar-refractivity contribution in [2.45, 2.75) is 0 Å². The average Bonchev–Trinajstić information content (AvgIpc) is 2.84. The van der Waals surface area contributed by atoms with Gasteiger partial charge in [-0.1, -0.05) is 18.2 Å². The third-order valence-corrected chi connectivity index (χ3v) is 5.52. The lowest BCUT2D eigenvalue weighted by Crippen LogP contribution is -2.50. The monoisotopic (exact) mass is 435 g/mol. The van der Waals surface area contributed by atoms with Gasteiger partial charge in [-0.05, 0) is 30.3 Å². The Kier molecular flexibility index (Phi) is 6.46. The summed E-state index contributed by atoms with van der Waals surface area (Å²) in [6.45, 7) is 3.73. The largest absolute Gasteiger partial charge is 0.497 e. The highest BCUT2D eigenvalue weighted by Gasteiger charge is 2.22. The number of hydrogen-bond acceptors (Lipinski definition) is 6. The Labute approximate surface area is 185 Å². The third kappa shape index (κ3) is 4.78. The highest BCUT2D eigenvalue weighted by atomic mass is 16.5. The molecule has 0 atom stereocenters. The number of carbonyl (C=O) groups excluding carboxylic acids is 2. The first-order valence-corrected chi connectivity index (χ1v) is 10.5. The van der Waals surface area contributed by atoms with Gasteiger partial charge in [-0.25, -0.2) is 4.98 Å². The highest BCUT2D eigenvalue weighted by molar-refractivity contribution is 5.94. The number of ether oxygens (including phenoxy) is 1. The molecule has 2 amide bonds. The average molecular weight is 435 g/mol. The zero-order chi connectivity index (χ0) is 22.5. The van der Waals surface area contributed by atoms with Crippen LogP contribution in [0.15, 0.2) is 53.3 Å². The molecule has 0 unspecified atom stereocenters. The predicted molar refractivity (Wildman–Crippen MR) is 120 cm³/mol. The normalized spacial score (nSPS) is 14.3. The number of aromatic amines is 1. The summed E-state index contributed by atoms with van der Waals surface area (Å²) in [5.74, 6) is 0.234. The van der Waals surface area contributed by atoms with Crippen LogP contribution in [0.5, 0.6) is 5.75 Å². The molecule has 2 heterocycles. The first-order valence-electron chi connectivity index (χ1n) is 10.5. The van der Waals surface area contributed by atoms with Crippen molar-refractivity contribution in [1.82, 2.24) is 25.1 Å². The SMILES string of the molecule is COc1cccc(C(=O)N2CCN(CCNC(=O)c3nc4ccccc4c(=O)[nH]3)CC2)c1. The fraction of sp³-hybridized carbons (Fsp3) is 0.304. The molecule has 0 bridgehead atoms. The lowest BCUT2D eigenvalue weighted by Gasteiger charge is -2.34. The summed E-state index contributed by atoms with van der Waals surface area (Å²) in [7, 11) is 1.58. The molecule has 1 aliphatic rings. The zero-order valence-corrected chi connectivity index (χ0v) is 17.8. The lowest BCUT2D eigenvalue weighted by molar-refractivity contribution is 0.0637. The smallest absolute Gasteiger partial charge is 0.287 e. The number of carbonyl (C=O) groups is 2. The number of aromatic nitrogens is 2. The molecular weight excluding hydrogens is 410 g/mol. The number of para-hydroxylation sites is 1. The number of benzene rings is 2. The van der Waals surface area contributed by atoms with Crippen LogP contribution >= 0.6 is 0 Å². The van der Waals surface area contributed by atoms with Gasteiger partial charge in [0.15, 0.2) is 5.82 Å². The van der Waals surface area contributed by atoms with Crippen LogP contribution in [-0.4, -0.2) is 78.0 Å². The molecule has 1 aliphatic heterocycles. The first-order chi connectivity index (χ1) is 15.5. The Bertz CT molecular complexity index is 1180. The summed E-state index contributed by atoms with van der Waals surface area (Å²) >= 11 is 0. The maximum atomic E-state index is 12.7. The van der Waals surface area contributed by atoms with Gasteiger partial charge >= 0.3 is 0 Å². The summed E-state index contributed by atoms with van der Waals surface area (Å²) in [6.07, 6.45) is 0. The van der Waals surface area contributed by atoms with Crippen molar-refractivity contribution in [3.8, 4) is 5.75 Å². The van der Waals surface area contributed by atoms with Crippen molar-refractivity contribution in [2.75, 3.05) is 46.4 Å². The second-order valence-corrected chi connectivity index (χ2v) is 7.55. The van der Waals surface area contributed by atoms with Crippen molar-refractivity contribution in [3.63, 3.8) is 0 Å². The van der Waals surface area contributed by atoms with Gasteiger partial charge in [0.05, 0.1) is 18.0 Å². The van der Waals surface area contributed by atoms with Crippen LogP contribution in [0.2, 0.25) is 0 Å². The van der Waals surface area contributed by atoms with Crippen molar-refractivity contribution in [2.24, 2.45) is 0 Å². The molecule has 1 aromatic heterocycles. The van der Waals surface area contributed by atoms with Crippen molar-refractivity contribution < 1.29 is 14.3 Å². The molecule has 32 heavy (non-hydrogen) atoms. The van der Waals surface area contributed by atoms with Crippen LogP contribution in [0.4, 0.5) is 0 Å². The molecule has 9 nitrogen and oxygen atoms in total. The first kappa shape index (κ1) is 21.5. The predicted octanol–water partition coefficient (Wildman–Crippen LogP) is 1.12. The van der Waals surface area contributed by atoms with E-state index in [1.165, 1.54) is 0 Å². The topological polar surface area (TPSA) is 108 Å². The molecule has 3 aromatic rings. The molecular formula is C23H25N5O4. The lowest BCUT2D eigenvalue weighted by atomic mass is 10.1. The maximum absolute atomic E-state index is 12.7. The van der Waals surface area contributed by atoms with Crippen molar-refractivity contribution >= 4 is 22.7 Å². The number of H-pyrrole nitrogens is 1. The van der Waals surface area contributed by atoms with Gasteiger partial charge in [0.25, 0.3) is 17.4 Å². The Balaban J connectivity index is 1.26. The molecule has 2 aromatic carbocycles. The summed E-state index contributed by atoms with van der Waals surface area (Å²) in [5.41, 5.74) is 0.762. The summed E-state index contributed by atoms with van der Waals surface area (Å²) < 4.78 is 5.20. The van der Waals surface area contributed by atoms with E-state index in [0.29, 0.717) is 48.4 Å². The molecule has 1 fully saturated rings. The van der Waals surface area contributed by atoms with E-state index >= 15 is 0 Å². The van der Waals surface area contributed by atoms with E-state index in [-0.39, 0.29) is 17.3 Å². The van der Waals surface area contributed by atoms with Gasteiger partial charge in [-0.3, -0.25) is 19.3 Å². The summed E-state index contributed by atoms with van der Waals surface area (Å²) in [5, 5.41) is 3.25. The number of piperazine rings is 1. The van der Waals surface area contributed by atoms with E-state index < -0.39 is 5.91 Å². The quantitative estimate of drug-likeness (QED) is 0.601. The number of amides is 2. The van der Waals surface area contributed by atoms with Crippen LogP contribution in [0.25, 0.3) is 10.9 Å². The van der Waals surface area contributed by atoms with Crippen LogP contribution in [0.1, 0.15) is 21.0 Å². The molecule has 166 valence electrons. The second-order valence-electron chi connectivity index (χ2n) is 7.55. The minimum atomic E-state index is -0.417. The molecule has 0 aliphatic carbocycles.